The number of nitrogens with zero attached hydrogens (tertiary/aromatic N) is 2. The molecule has 86 valence electrons. The molecule has 1 N–H and O–H groups in total. The highest BCUT2D eigenvalue weighted by Crippen LogP contribution is 2.16. The van der Waals surface area contributed by atoms with Crippen LogP contribution in [0, 0.1) is 12.8 Å². The summed E-state index contributed by atoms with van der Waals surface area (Å²) in [7, 11) is 3.66. The molecule has 0 saturated heterocycles. The van der Waals surface area contributed by atoms with Crippen molar-refractivity contribution in [1.29, 1.82) is 0 Å². The Kier molecular flexibility index (Phi) is 4.15. The van der Waals surface area contributed by atoms with Crippen LogP contribution < -0.4 is 5.32 Å². The van der Waals surface area contributed by atoms with E-state index in [1.165, 1.54) is 0 Å². The Morgan fingerprint density at radius 1 is 1.53 bits per heavy atom. The van der Waals surface area contributed by atoms with Crippen molar-refractivity contribution in [2.75, 3.05) is 19.0 Å². The summed E-state index contributed by atoms with van der Waals surface area (Å²) < 4.78 is 7.02. The van der Waals surface area contributed by atoms with Crippen molar-refractivity contribution in [3.63, 3.8) is 0 Å². The maximum Gasteiger partial charge on any atom is 0.0825 e. The molecule has 1 unspecified atom stereocenters. The Labute approximate surface area is 91.6 Å². The molecular formula is C11H21N3O. The number of nitrogens with one attached hydrogen (secondary N) is 1. The van der Waals surface area contributed by atoms with E-state index in [9.17, 15) is 0 Å². The number of methoxy groups -OCH3 is 1. The van der Waals surface area contributed by atoms with Gasteiger partial charge < -0.3 is 10.1 Å². The Hall–Kier alpha value is -1.03. The zero-order chi connectivity index (χ0) is 11.4. The molecule has 0 fully saturated rings. The van der Waals surface area contributed by atoms with Gasteiger partial charge in [-0.2, -0.15) is 5.10 Å². The lowest BCUT2D eigenvalue weighted by atomic mass is 10.1. The monoisotopic (exact) mass is 211 g/mol. The van der Waals surface area contributed by atoms with Crippen molar-refractivity contribution in [1.82, 2.24) is 9.78 Å². The molecule has 1 aromatic heterocycles. The summed E-state index contributed by atoms with van der Waals surface area (Å²) in [5.74, 6) is 0.532. The molecule has 0 radical (unpaired) electrons. The Balaban J connectivity index is 2.69. The first kappa shape index (κ1) is 12.0. The van der Waals surface area contributed by atoms with Crippen molar-refractivity contribution in [2.24, 2.45) is 13.0 Å². The summed E-state index contributed by atoms with van der Waals surface area (Å²) in [6.07, 6.45) is 2.00. The average Bonchev–Trinajstić information content (AvgIpc) is 2.44. The number of hydrogen-bond acceptors (Lipinski definition) is 3. The predicted molar refractivity (Wildman–Crippen MR) is 62.1 cm³/mol. The summed E-state index contributed by atoms with van der Waals surface area (Å²) in [5.41, 5.74) is 2.12. The van der Waals surface area contributed by atoms with Crippen molar-refractivity contribution in [3.8, 4) is 0 Å². The van der Waals surface area contributed by atoms with E-state index in [0.29, 0.717) is 18.6 Å². The van der Waals surface area contributed by atoms with Gasteiger partial charge in [-0.05, 0) is 12.8 Å². The quantitative estimate of drug-likeness (QED) is 0.807. The van der Waals surface area contributed by atoms with E-state index < -0.39 is 0 Å². The summed E-state index contributed by atoms with van der Waals surface area (Å²) in [6.45, 7) is 7.09. The minimum Gasteiger partial charge on any atom is -0.383 e. The minimum absolute atomic E-state index is 0.331. The Morgan fingerprint density at radius 2 is 2.20 bits per heavy atom. The molecule has 0 spiro atoms. The SMILES string of the molecule is COCC(Nc1cn(C)nc1C)C(C)C. The topological polar surface area (TPSA) is 39.1 Å². The van der Waals surface area contributed by atoms with Crippen molar-refractivity contribution in [2.45, 2.75) is 26.8 Å². The zero-order valence-corrected chi connectivity index (χ0v) is 10.2. The smallest absolute Gasteiger partial charge is 0.0825 e. The van der Waals surface area contributed by atoms with Gasteiger partial charge in [-0.25, -0.2) is 0 Å². The fraction of sp³-hybridized carbons (Fsp3) is 0.727. The molecule has 0 amide bonds. The summed E-state index contributed by atoms with van der Waals surface area (Å²) >= 11 is 0. The molecule has 0 saturated carbocycles. The summed E-state index contributed by atoms with van der Waals surface area (Å²) in [6, 6.07) is 0.331. The molecule has 0 aliphatic rings. The fourth-order valence-electron chi connectivity index (χ4n) is 1.52. The van der Waals surface area contributed by atoms with E-state index in [2.05, 4.69) is 24.3 Å². The second-order valence-corrected chi connectivity index (χ2v) is 4.25. The van der Waals surface area contributed by atoms with E-state index in [4.69, 9.17) is 4.74 Å². The van der Waals surface area contributed by atoms with Crippen LogP contribution in [0.3, 0.4) is 0 Å². The summed E-state index contributed by atoms with van der Waals surface area (Å²) in [4.78, 5) is 0. The Bertz CT molecular complexity index is 307. The second-order valence-electron chi connectivity index (χ2n) is 4.25. The minimum atomic E-state index is 0.331. The highest BCUT2D eigenvalue weighted by atomic mass is 16.5. The third kappa shape index (κ3) is 3.23. The normalized spacial score (nSPS) is 13.2. The first-order valence-corrected chi connectivity index (χ1v) is 5.30. The van der Waals surface area contributed by atoms with E-state index in [1.54, 1.807) is 7.11 Å². The average molecular weight is 211 g/mol. The van der Waals surface area contributed by atoms with Crippen LogP contribution in [0.15, 0.2) is 6.20 Å². The van der Waals surface area contributed by atoms with E-state index >= 15 is 0 Å². The van der Waals surface area contributed by atoms with Gasteiger partial charge in [0.15, 0.2) is 0 Å². The third-order valence-electron chi connectivity index (χ3n) is 2.51. The van der Waals surface area contributed by atoms with Gasteiger partial charge in [0, 0.05) is 20.4 Å². The van der Waals surface area contributed by atoms with Gasteiger partial charge in [-0.15, -0.1) is 0 Å². The van der Waals surface area contributed by atoms with Gasteiger partial charge in [-0.1, -0.05) is 13.8 Å². The van der Waals surface area contributed by atoms with E-state index in [1.807, 2.05) is 24.9 Å². The van der Waals surface area contributed by atoms with Crippen LogP contribution in [0.4, 0.5) is 5.69 Å². The highest BCUT2D eigenvalue weighted by Gasteiger charge is 2.14. The molecule has 4 nitrogen and oxygen atoms in total. The zero-order valence-electron chi connectivity index (χ0n) is 10.2. The predicted octanol–water partition coefficient (Wildman–Crippen LogP) is 1.81. The molecule has 0 aliphatic carbocycles. The van der Waals surface area contributed by atoms with Gasteiger partial charge in [0.05, 0.1) is 24.0 Å². The molecule has 1 atom stereocenters. The van der Waals surface area contributed by atoms with Crippen LogP contribution in [-0.2, 0) is 11.8 Å². The molecule has 0 aromatic carbocycles. The van der Waals surface area contributed by atoms with Crippen LogP contribution >= 0.6 is 0 Å². The first-order chi connectivity index (χ1) is 7.04. The van der Waals surface area contributed by atoms with E-state index in [0.717, 1.165) is 11.4 Å². The lowest BCUT2D eigenvalue weighted by Crippen LogP contribution is -2.30. The van der Waals surface area contributed by atoms with Gasteiger partial charge >= 0.3 is 0 Å². The molecular weight excluding hydrogens is 190 g/mol. The Morgan fingerprint density at radius 3 is 2.60 bits per heavy atom. The van der Waals surface area contributed by atoms with Crippen molar-refractivity contribution >= 4 is 5.69 Å². The van der Waals surface area contributed by atoms with Gasteiger partial charge in [0.25, 0.3) is 0 Å². The van der Waals surface area contributed by atoms with Crippen LogP contribution in [-0.4, -0.2) is 29.5 Å². The van der Waals surface area contributed by atoms with Crippen LogP contribution in [0.5, 0.6) is 0 Å². The van der Waals surface area contributed by atoms with Crippen LogP contribution in [0.2, 0.25) is 0 Å². The summed E-state index contributed by atoms with van der Waals surface area (Å²) in [5, 5.41) is 7.76. The second kappa shape index (κ2) is 5.16. The number of ether oxygens (including phenoxy) is 1. The van der Waals surface area contributed by atoms with E-state index in [-0.39, 0.29) is 0 Å². The maximum atomic E-state index is 5.19. The molecule has 1 heterocycles. The number of aryl methyl sites for hydroxylation is 2. The van der Waals surface area contributed by atoms with Gasteiger partial charge in [0.1, 0.15) is 0 Å². The third-order valence-corrected chi connectivity index (χ3v) is 2.51. The molecule has 4 heteroatoms. The molecule has 15 heavy (non-hydrogen) atoms. The van der Waals surface area contributed by atoms with Crippen LogP contribution in [0.25, 0.3) is 0 Å². The molecule has 1 rings (SSSR count). The molecule has 0 bridgehead atoms. The first-order valence-electron chi connectivity index (χ1n) is 5.30. The lowest BCUT2D eigenvalue weighted by Gasteiger charge is -2.22. The number of rotatable bonds is 5. The number of aromatic nitrogens is 2. The lowest BCUT2D eigenvalue weighted by molar-refractivity contribution is 0.171. The molecule has 0 aliphatic heterocycles. The number of anilines is 1. The fourth-order valence-corrected chi connectivity index (χ4v) is 1.52. The molecule has 1 aromatic rings. The van der Waals surface area contributed by atoms with Gasteiger partial charge in [0.2, 0.25) is 0 Å². The maximum absolute atomic E-state index is 5.19. The van der Waals surface area contributed by atoms with Crippen molar-refractivity contribution in [3.05, 3.63) is 11.9 Å². The highest BCUT2D eigenvalue weighted by molar-refractivity contribution is 5.46. The largest absolute Gasteiger partial charge is 0.383 e. The van der Waals surface area contributed by atoms with Gasteiger partial charge in [-0.3, -0.25) is 4.68 Å². The van der Waals surface area contributed by atoms with Crippen LogP contribution in [0.1, 0.15) is 19.5 Å². The number of hydrogen-bond donors (Lipinski definition) is 1. The van der Waals surface area contributed by atoms with Crippen molar-refractivity contribution < 1.29 is 4.74 Å². The standard InChI is InChI=1S/C11H21N3O/c1-8(2)11(7-15-5)12-10-6-14(4)13-9(10)3/h6,8,11-12H,7H2,1-5H3.